The number of amides is 1. The van der Waals surface area contributed by atoms with Gasteiger partial charge in [0.15, 0.2) is 5.66 Å². The van der Waals surface area contributed by atoms with Gasteiger partial charge in [-0.1, -0.05) is 56.1 Å². The fourth-order valence-electron chi connectivity index (χ4n) is 5.31. The third-order valence-corrected chi connectivity index (χ3v) is 8.18. The van der Waals surface area contributed by atoms with Crippen molar-refractivity contribution >= 4 is 37.8 Å². The molecule has 2 heterocycles. The van der Waals surface area contributed by atoms with Crippen molar-refractivity contribution in [2.75, 3.05) is 39.5 Å². The fraction of sp³-hybridized carbons (Fsp3) is 0.367. The van der Waals surface area contributed by atoms with Gasteiger partial charge in [-0.05, 0) is 61.4 Å². The smallest absolute Gasteiger partial charge is 0.262 e. The number of nitrogens with zero attached hydrogens (tertiary/aromatic N) is 1. The topological polar surface area (TPSA) is 72.1 Å². The van der Waals surface area contributed by atoms with Crippen molar-refractivity contribution in [3.8, 4) is 11.5 Å². The minimum absolute atomic E-state index is 0.0577. The summed E-state index contributed by atoms with van der Waals surface area (Å²) < 4.78 is 19.5. The van der Waals surface area contributed by atoms with E-state index in [0.717, 1.165) is 25.6 Å². The molecule has 3 aromatic rings. The lowest BCUT2D eigenvalue weighted by atomic mass is 9.95. The van der Waals surface area contributed by atoms with Gasteiger partial charge in [0.05, 0.1) is 38.5 Å². The Morgan fingerprint density at radius 2 is 1.41 bits per heavy atom. The Morgan fingerprint density at radius 3 is 1.92 bits per heavy atom. The Morgan fingerprint density at radius 1 is 0.872 bits per heavy atom. The molecule has 2 unspecified atom stereocenters. The number of hydrogen-bond acceptors (Lipinski definition) is 6. The van der Waals surface area contributed by atoms with Crippen LogP contribution in [0.1, 0.15) is 42.6 Å². The molecule has 206 valence electrons. The molecular formula is C30H33Br2N3O4. The Labute approximate surface area is 246 Å². The van der Waals surface area contributed by atoms with Gasteiger partial charge in [0, 0.05) is 33.7 Å². The van der Waals surface area contributed by atoms with Crippen molar-refractivity contribution < 1.29 is 19.0 Å². The molecule has 0 aliphatic carbocycles. The number of carbonyl (C=O) groups is 1. The predicted octanol–water partition coefficient (Wildman–Crippen LogP) is 5.70. The molecule has 3 aromatic carbocycles. The summed E-state index contributed by atoms with van der Waals surface area (Å²) in [5.74, 6) is 1.25. The molecule has 2 fully saturated rings. The standard InChI is InChI=1S/C30H33Br2N3O4/c1-3-38-24-13-14-25(26(19-24)39-4-2)30(29(36)35-15-17-37-18-16-35)33-27(20-5-9-22(31)10-6-20)28(34-30)21-7-11-23(32)12-8-21/h5-14,19,27-28,33-34H,3-4,15-18H2,1-2H3. The molecule has 2 saturated heterocycles. The quantitative estimate of drug-likeness (QED) is 0.324. The third-order valence-electron chi connectivity index (χ3n) is 7.12. The first-order chi connectivity index (χ1) is 18.9. The molecule has 2 aliphatic rings. The first kappa shape index (κ1) is 28.1. The Bertz CT molecular complexity index is 1230. The maximum atomic E-state index is 14.6. The van der Waals surface area contributed by atoms with E-state index in [1.165, 1.54) is 0 Å². The third kappa shape index (κ3) is 5.88. The highest BCUT2D eigenvalue weighted by atomic mass is 79.9. The Kier molecular flexibility index (Phi) is 8.93. The van der Waals surface area contributed by atoms with Crippen LogP contribution in [0, 0.1) is 0 Å². The zero-order chi connectivity index (χ0) is 27.4. The maximum absolute atomic E-state index is 14.6. The molecule has 7 nitrogen and oxygen atoms in total. The van der Waals surface area contributed by atoms with E-state index >= 15 is 0 Å². The van der Waals surface area contributed by atoms with Crippen molar-refractivity contribution in [1.82, 2.24) is 15.5 Å². The van der Waals surface area contributed by atoms with Gasteiger partial charge < -0.3 is 19.1 Å². The number of morpholine rings is 1. The number of nitrogens with one attached hydrogen (secondary N) is 2. The first-order valence-electron chi connectivity index (χ1n) is 13.3. The van der Waals surface area contributed by atoms with E-state index in [-0.39, 0.29) is 18.0 Å². The van der Waals surface area contributed by atoms with Crippen molar-refractivity contribution in [1.29, 1.82) is 0 Å². The predicted molar refractivity (Wildman–Crippen MR) is 158 cm³/mol. The van der Waals surface area contributed by atoms with E-state index in [0.29, 0.717) is 51.0 Å². The molecule has 39 heavy (non-hydrogen) atoms. The molecule has 0 aromatic heterocycles. The van der Waals surface area contributed by atoms with Gasteiger partial charge >= 0.3 is 0 Å². The number of hydrogen-bond donors (Lipinski definition) is 2. The largest absolute Gasteiger partial charge is 0.494 e. The molecular weight excluding hydrogens is 626 g/mol. The maximum Gasteiger partial charge on any atom is 0.262 e. The second-order valence-electron chi connectivity index (χ2n) is 9.53. The molecule has 0 saturated carbocycles. The second kappa shape index (κ2) is 12.4. The van der Waals surface area contributed by atoms with Gasteiger partial charge in [-0.15, -0.1) is 0 Å². The van der Waals surface area contributed by atoms with Crippen LogP contribution in [0.5, 0.6) is 11.5 Å². The average Bonchev–Trinajstić information content (AvgIpc) is 3.36. The Balaban J connectivity index is 1.67. The minimum Gasteiger partial charge on any atom is -0.494 e. The van der Waals surface area contributed by atoms with Crippen molar-refractivity contribution in [3.63, 3.8) is 0 Å². The normalized spacial score (nSPS) is 23.0. The summed E-state index contributed by atoms with van der Waals surface area (Å²) >= 11 is 7.12. The van der Waals surface area contributed by atoms with Crippen LogP contribution < -0.4 is 20.1 Å². The molecule has 1 amide bonds. The van der Waals surface area contributed by atoms with Gasteiger partial charge in [0.2, 0.25) is 0 Å². The lowest BCUT2D eigenvalue weighted by Crippen LogP contribution is -2.60. The zero-order valence-electron chi connectivity index (χ0n) is 22.1. The van der Waals surface area contributed by atoms with Gasteiger partial charge in [-0.2, -0.15) is 0 Å². The van der Waals surface area contributed by atoms with E-state index in [9.17, 15) is 4.79 Å². The zero-order valence-corrected chi connectivity index (χ0v) is 25.3. The molecule has 0 radical (unpaired) electrons. The van der Waals surface area contributed by atoms with E-state index in [1.54, 1.807) is 0 Å². The van der Waals surface area contributed by atoms with E-state index in [4.69, 9.17) is 14.2 Å². The van der Waals surface area contributed by atoms with Crippen LogP contribution in [0.3, 0.4) is 0 Å². The molecule has 0 spiro atoms. The molecule has 0 bridgehead atoms. The lowest BCUT2D eigenvalue weighted by Gasteiger charge is -2.38. The van der Waals surface area contributed by atoms with Gasteiger partial charge in [-0.25, -0.2) is 0 Å². The highest BCUT2D eigenvalue weighted by Crippen LogP contribution is 2.45. The monoisotopic (exact) mass is 657 g/mol. The Hall–Kier alpha value is -2.43. The van der Waals surface area contributed by atoms with Crippen molar-refractivity contribution in [2.24, 2.45) is 0 Å². The SMILES string of the molecule is CCOc1ccc(C2(C(=O)N3CCOCC3)NC(c3ccc(Br)cc3)C(c3ccc(Br)cc3)N2)c(OCC)c1. The summed E-state index contributed by atoms with van der Waals surface area (Å²) in [6.45, 7) is 6.95. The summed E-state index contributed by atoms with van der Waals surface area (Å²) in [6, 6.07) is 21.8. The summed E-state index contributed by atoms with van der Waals surface area (Å²) in [5.41, 5.74) is 1.62. The second-order valence-corrected chi connectivity index (χ2v) is 11.4. The van der Waals surface area contributed by atoms with Crippen LogP contribution in [0.2, 0.25) is 0 Å². The average molecular weight is 659 g/mol. The molecule has 2 N–H and O–H groups in total. The highest BCUT2D eigenvalue weighted by Gasteiger charge is 2.54. The number of carbonyl (C=O) groups excluding carboxylic acids is 1. The summed E-state index contributed by atoms with van der Waals surface area (Å²) in [5, 5.41) is 7.55. The summed E-state index contributed by atoms with van der Waals surface area (Å²) in [6.07, 6.45) is 0. The lowest BCUT2D eigenvalue weighted by molar-refractivity contribution is -0.143. The molecule has 9 heteroatoms. The van der Waals surface area contributed by atoms with E-state index in [1.807, 2.05) is 61.2 Å². The molecule has 2 atom stereocenters. The van der Waals surface area contributed by atoms with E-state index in [2.05, 4.69) is 66.8 Å². The minimum atomic E-state index is -1.25. The number of rotatable bonds is 8. The molecule has 5 rings (SSSR count). The fourth-order valence-corrected chi connectivity index (χ4v) is 5.84. The number of halogens is 2. The van der Waals surface area contributed by atoms with Gasteiger partial charge in [0.1, 0.15) is 11.5 Å². The molecule has 2 aliphatic heterocycles. The number of ether oxygens (including phenoxy) is 3. The van der Waals surface area contributed by atoms with Crippen LogP contribution in [-0.4, -0.2) is 50.3 Å². The van der Waals surface area contributed by atoms with Crippen LogP contribution in [0.4, 0.5) is 0 Å². The van der Waals surface area contributed by atoms with Crippen LogP contribution in [0.15, 0.2) is 75.7 Å². The summed E-state index contributed by atoms with van der Waals surface area (Å²) in [7, 11) is 0. The van der Waals surface area contributed by atoms with Crippen LogP contribution in [-0.2, 0) is 15.2 Å². The van der Waals surface area contributed by atoms with Gasteiger partial charge in [-0.3, -0.25) is 15.4 Å². The van der Waals surface area contributed by atoms with Crippen LogP contribution in [0.25, 0.3) is 0 Å². The van der Waals surface area contributed by atoms with Crippen molar-refractivity contribution in [3.05, 3.63) is 92.4 Å². The summed E-state index contributed by atoms with van der Waals surface area (Å²) in [4.78, 5) is 16.5. The number of benzene rings is 3. The van der Waals surface area contributed by atoms with Crippen LogP contribution >= 0.6 is 31.9 Å². The van der Waals surface area contributed by atoms with E-state index < -0.39 is 5.66 Å². The van der Waals surface area contributed by atoms with Gasteiger partial charge in [0.25, 0.3) is 5.91 Å². The first-order valence-corrected chi connectivity index (χ1v) is 14.9. The highest BCUT2D eigenvalue weighted by molar-refractivity contribution is 9.10. The van der Waals surface area contributed by atoms with Crippen molar-refractivity contribution in [2.45, 2.75) is 31.6 Å².